The molecule has 1 unspecified atom stereocenters. The van der Waals surface area contributed by atoms with Crippen LogP contribution in [0.1, 0.15) is 54.9 Å². The zero-order chi connectivity index (χ0) is 30.0. The van der Waals surface area contributed by atoms with E-state index in [9.17, 15) is 9.90 Å². The van der Waals surface area contributed by atoms with Crippen LogP contribution in [0.15, 0.2) is 78.9 Å². The Morgan fingerprint density at radius 3 is 2.29 bits per heavy atom. The molecule has 4 rings (SSSR count). The highest BCUT2D eigenvalue weighted by atomic mass is 16.5. The molecule has 1 saturated heterocycles. The number of carboxylic acid groups (broad SMARTS) is 1. The first-order chi connectivity index (χ1) is 20.6. The number of unbranched alkanes of at least 4 members (excludes halogenated alkanes) is 3. The number of aliphatic hydroxyl groups is 1. The summed E-state index contributed by atoms with van der Waals surface area (Å²) in [7, 11) is 0. The van der Waals surface area contributed by atoms with Crippen LogP contribution >= 0.6 is 0 Å². The van der Waals surface area contributed by atoms with Crippen molar-refractivity contribution in [2.75, 3.05) is 39.5 Å². The van der Waals surface area contributed by atoms with Crippen molar-refractivity contribution >= 4 is 12.4 Å². The van der Waals surface area contributed by atoms with Crippen molar-refractivity contribution in [3.63, 3.8) is 0 Å². The van der Waals surface area contributed by atoms with Gasteiger partial charge in [0.15, 0.2) is 0 Å². The molecular formula is C34H44N2O6. The first kappa shape index (κ1) is 32.8. The van der Waals surface area contributed by atoms with Crippen molar-refractivity contribution in [1.82, 2.24) is 9.80 Å². The largest absolute Gasteiger partial charge is 0.493 e. The molecular weight excluding hydrogens is 532 g/mol. The van der Waals surface area contributed by atoms with E-state index >= 15 is 0 Å². The number of aliphatic hydroxyl groups excluding tert-OH is 1. The molecule has 0 saturated carbocycles. The zero-order valence-corrected chi connectivity index (χ0v) is 24.6. The molecule has 0 aliphatic carbocycles. The summed E-state index contributed by atoms with van der Waals surface area (Å²) in [5, 5.41) is 18.2. The highest BCUT2D eigenvalue weighted by Crippen LogP contribution is 2.25. The van der Waals surface area contributed by atoms with Gasteiger partial charge in [-0.1, -0.05) is 86.8 Å². The summed E-state index contributed by atoms with van der Waals surface area (Å²) in [5.74, 6) is 0.577. The van der Waals surface area contributed by atoms with Crippen molar-refractivity contribution in [3.05, 3.63) is 90.0 Å². The highest BCUT2D eigenvalue weighted by molar-refractivity contribution is 5.95. The van der Waals surface area contributed by atoms with Crippen molar-refractivity contribution in [2.45, 2.75) is 51.8 Å². The zero-order valence-electron chi connectivity index (χ0n) is 24.6. The normalized spacial score (nSPS) is 13.9. The van der Waals surface area contributed by atoms with Gasteiger partial charge >= 0.3 is 0 Å². The fourth-order valence-corrected chi connectivity index (χ4v) is 4.86. The molecule has 8 nitrogen and oxygen atoms in total. The molecule has 42 heavy (non-hydrogen) atoms. The summed E-state index contributed by atoms with van der Waals surface area (Å²) in [5.41, 5.74) is 3.60. The average Bonchev–Trinajstić information content (AvgIpc) is 3.04. The number of amides is 1. The standard InChI is InChI=1S/C33H42N2O4.CH2O2/c1-2-3-4-10-23-39-31-14-9-8-13-30(31)26-35(32(36)19-20-34-21-24-38-25-22-34)33(37)29-17-15-28(16-18-29)27-11-6-5-7-12-27;2-1-3/h5-9,11-18,32,36H,2-4,10,19-26H2,1H3;1H,(H,2,3). The Labute approximate surface area is 249 Å². The van der Waals surface area contributed by atoms with Gasteiger partial charge in [0.05, 0.1) is 26.4 Å². The van der Waals surface area contributed by atoms with Gasteiger partial charge in [0, 0.05) is 37.2 Å². The van der Waals surface area contributed by atoms with E-state index in [4.69, 9.17) is 19.4 Å². The number of para-hydroxylation sites is 1. The van der Waals surface area contributed by atoms with E-state index in [1.54, 1.807) is 4.90 Å². The van der Waals surface area contributed by atoms with Gasteiger partial charge in [-0.05, 0) is 35.7 Å². The Morgan fingerprint density at radius 1 is 0.952 bits per heavy atom. The number of hydrogen-bond acceptors (Lipinski definition) is 6. The lowest BCUT2D eigenvalue weighted by Gasteiger charge is -2.32. The third-order valence-corrected chi connectivity index (χ3v) is 7.24. The maximum Gasteiger partial charge on any atom is 0.290 e. The second kappa shape index (κ2) is 18.7. The molecule has 0 bridgehead atoms. The van der Waals surface area contributed by atoms with E-state index in [2.05, 4.69) is 24.0 Å². The molecule has 1 aliphatic rings. The van der Waals surface area contributed by atoms with E-state index in [0.717, 1.165) is 48.4 Å². The first-order valence-electron chi connectivity index (χ1n) is 14.8. The molecule has 2 N–H and O–H groups in total. The predicted octanol–water partition coefficient (Wildman–Crippen LogP) is 5.70. The topological polar surface area (TPSA) is 99.5 Å². The third kappa shape index (κ3) is 10.6. The Bertz CT molecular complexity index is 1180. The van der Waals surface area contributed by atoms with Crippen LogP contribution in [0.4, 0.5) is 0 Å². The number of nitrogens with zero attached hydrogens (tertiary/aromatic N) is 2. The van der Waals surface area contributed by atoms with Gasteiger partial charge in [-0.2, -0.15) is 0 Å². The predicted molar refractivity (Wildman–Crippen MR) is 164 cm³/mol. The summed E-state index contributed by atoms with van der Waals surface area (Å²) >= 11 is 0. The Hall–Kier alpha value is -3.72. The third-order valence-electron chi connectivity index (χ3n) is 7.24. The van der Waals surface area contributed by atoms with Crippen LogP contribution in [0, 0.1) is 0 Å². The van der Waals surface area contributed by atoms with Crippen LogP contribution in [-0.4, -0.2) is 78.1 Å². The summed E-state index contributed by atoms with van der Waals surface area (Å²) < 4.78 is 11.6. The van der Waals surface area contributed by atoms with E-state index in [0.29, 0.717) is 38.3 Å². The van der Waals surface area contributed by atoms with Gasteiger partial charge in [0.2, 0.25) is 0 Å². The molecule has 3 aromatic rings. The Balaban J connectivity index is 0.00000155. The van der Waals surface area contributed by atoms with Crippen molar-refractivity contribution in [1.29, 1.82) is 0 Å². The number of hydrogen-bond donors (Lipinski definition) is 2. The highest BCUT2D eigenvalue weighted by Gasteiger charge is 2.25. The number of carbonyl (C=O) groups is 2. The molecule has 0 aromatic heterocycles. The van der Waals surface area contributed by atoms with E-state index in [1.165, 1.54) is 12.8 Å². The summed E-state index contributed by atoms with van der Waals surface area (Å²) in [6, 6.07) is 25.6. The summed E-state index contributed by atoms with van der Waals surface area (Å²) in [6.45, 7) is 6.66. The van der Waals surface area contributed by atoms with Crippen molar-refractivity contribution in [2.24, 2.45) is 0 Å². The van der Waals surface area contributed by atoms with Crippen molar-refractivity contribution < 1.29 is 29.3 Å². The van der Waals surface area contributed by atoms with Crippen LogP contribution in [0.3, 0.4) is 0 Å². The minimum atomic E-state index is -0.924. The molecule has 226 valence electrons. The van der Waals surface area contributed by atoms with Gasteiger partial charge < -0.3 is 24.6 Å². The lowest BCUT2D eigenvalue weighted by atomic mass is 10.0. The molecule has 1 atom stereocenters. The number of morpholine rings is 1. The monoisotopic (exact) mass is 576 g/mol. The SMILES string of the molecule is CCCCCCOc1ccccc1CN(C(=O)c1ccc(-c2ccccc2)cc1)C(O)CCN1CCOCC1.O=CO. The van der Waals surface area contributed by atoms with Crippen LogP contribution in [0.25, 0.3) is 11.1 Å². The molecule has 0 spiro atoms. The first-order valence-corrected chi connectivity index (χ1v) is 14.8. The van der Waals surface area contributed by atoms with Crippen LogP contribution in [0.5, 0.6) is 5.75 Å². The second-order valence-electron chi connectivity index (χ2n) is 10.2. The smallest absolute Gasteiger partial charge is 0.290 e. The van der Waals surface area contributed by atoms with E-state index < -0.39 is 6.23 Å². The number of rotatable bonds is 14. The number of benzene rings is 3. The van der Waals surface area contributed by atoms with Gasteiger partial charge in [0.1, 0.15) is 12.0 Å². The summed E-state index contributed by atoms with van der Waals surface area (Å²) in [4.78, 5) is 26.0. The fourth-order valence-electron chi connectivity index (χ4n) is 4.86. The van der Waals surface area contributed by atoms with Crippen molar-refractivity contribution in [3.8, 4) is 16.9 Å². The lowest BCUT2D eigenvalue weighted by Crippen LogP contribution is -2.43. The maximum atomic E-state index is 13.8. The Kier molecular flexibility index (Phi) is 14.6. The minimum Gasteiger partial charge on any atom is -0.493 e. The van der Waals surface area contributed by atoms with Gasteiger partial charge in [0.25, 0.3) is 12.4 Å². The fraction of sp³-hybridized carbons (Fsp3) is 0.412. The molecule has 1 aliphatic heterocycles. The van der Waals surface area contributed by atoms with E-state index in [1.807, 2.05) is 66.7 Å². The molecule has 1 heterocycles. The number of ether oxygens (including phenoxy) is 2. The molecule has 1 amide bonds. The maximum absolute atomic E-state index is 13.8. The summed E-state index contributed by atoms with van der Waals surface area (Å²) in [6.07, 6.45) is 4.07. The molecule has 3 aromatic carbocycles. The lowest BCUT2D eigenvalue weighted by molar-refractivity contribution is -0.122. The van der Waals surface area contributed by atoms with Gasteiger partial charge in [-0.3, -0.25) is 14.5 Å². The quantitative estimate of drug-likeness (QED) is 0.144. The Morgan fingerprint density at radius 2 is 1.60 bits per heavy atom. The van der Waals surface area contributed by atoms with Gasteiger partial charge in [-0.15, -0.1) is 0 Å². The van der Waals surface area contributed by atoms with E-state index in [-0.39, 0.29) is 18.9 Å². The molecule has 1 fully saturated rings. The molecule has 8 heteroatoms. The average molecular weight is 577 g/mol. The molecule has 0 radical (unpaired) electrons. The van der Waals surface area contributed by atoms with Crippen LogP contribution in [-0.2, 0) is 16.1 Å². The minimum absolute atomic E-state index is 0.193. The van der Waals surface area contributed by atoms with Crippen LogP contribution < -0.4 is 4.74 Å². The number of carbonyl (C=O) groups excluding carboxylic acids is 1. The van der Waals surface area contributed by atoms with Gasteiger partial charge in [-0.25, -0.2) is 0 Å². The second-order valence-corrected chi connectivity index (χ2v) is 10.2. The van der Waals surface area contributed by atoms with Crippen LogP contribution in [0.2, 0.25) is 0 Å².